The third-order valence-corrected chi connectivity index (χ3v) is 5.06. The SMILES string of the molecule is C[C@@H]1CNCCN1Cc1csc(-c2cccc(Br)c2)n1. The van der Waals surface area contributed by atoms with E-state index in [-0.39, 0.29) is 0 Å². The van der Waals surface area contributed by atoms with Crippen LogP contribution in [0.2, 0.25) is 0 Å². The number of aromatic nitrogens is 1. The zero-order valence-corrected chi connectivity index (χ0v) is 13.9. The van der Waals surface area contributed by atoms with Gasteiger partial charge in [-0.1, -0.05) is 28.1 Å². The van der Waals surface area contributed by atoms with Crippen molar-refractivity contribution in [1.29, 1.82) is 0 Å². The van der Waals surface area contributed by atoms with Crippen molar-refractivity contribution in [2.24, 2.45) is 0 Å². The molecule has 0 saturated carbocycles. The van der Waals surface area contributed by atoms with Crippen LogP contribution in [0, 0.1) is 0 Å². The van der Waals surface area contributed by atoms with Gasteiger partial charge in [0.2, 0.25) is 0 Å². The molecule has 1 fully saturated rings. The molecule has 1 saturated heterocycles. The molecule has 1 aromatic carbocycles. The molecule has 1 aliphatic heterocycles. The lowest BCUT2D eigenvalue weighted by Gasteiger charge is -2.33. The Bertz CT molecular complexity index is 584. The number of piperazine rings is 1. The highest BCUT2D eigenvalue weighted by atomic mass is 79.9. The summed E-state index contributed by atoms with van der Waals surface area (Å²) in [6, 6.07) is 8.91. The first-order valence-electron chi connectivity index (χ1n) is 6.87. The topological polar surface area (TPSA) is 28.2 Å². The number of hydrogen-bond donors (Lipinski definition) is 1. The van der Waals surface area contributed by atoms with Crippen LogP contribution in [0.3, 0.4) is 0 Å². The second-order valence-corrected chi connectivity index (χ2v) is 6.95. The van der Waals surface area contributed by atoms with Crippen molar-refractivity contribution in [3.05, 3.63) is 39.8 Å². The molecule has 0 spiro atoms. The first kappa shape index (κ1) is 14.2. The Balaban J connectivity index is 1.73. The molecule has 0 amide bonds. The molecular formula is C15H18BrN3S. The van der Waals surface area contributed by atoms with E-state index in [9.17, 15) is 0 Å². The maximum Gasteiger partial charge on any atom is 0.123 e. The lowest BCUT2D eigenvalue weighted by molar-refractivity contribution is 0.164. The van der Waals surface area contributed by atoms with Crippen LogP contribution in [0.1, 0.15) is 12.6 Å². The minimum atomic E-state index is 0.583. The van der Waals surface area contributed by atoms with Crippen LogP contribution >= 0.6 is 27.3 Å². The highest BCUT2D eigenvalue weighted by Gasteiger charge is 2.18. The summed E-state index contributed by atoms with van der Waals surface area (Å²) in [5.41, 5.74) is 2.36. The van der Waals surface area contributed by atoms with Crippen molar-refractivity contribution in [1.82, 2.24) is 15.2 Å². The van der Waals surface area contributed by atoms with Gasteiger partial charge in [-0.3, -0.25) is 4.90 Å². The monoisotopic (exact) mass is 351 g/mol. The summed E-state index contributed by atoms with van der Waals surface area (Å²) in [4.78, 5) is 7.28. The van der Waals surface area contributed by atoms with E-state index in [4.69, 9.17) is 4.98 Å². The fourth-order valence-electron chi connectivity index (χ4n) is 2.46. The van der Waals surface area contributed by atoms with E-state index in [1.165, 1.54) is 11.3 Å². The molecule has 0 radical (unpaired) electrons. The van der Waals surface area contributed by atoms with Gasteiger partial charge >= 0.3 is 0 Å². The Morgan fingerprint density at radius 3 is 3.20 bits per heavy atom. The van der Waals surface area contributed by atoms with Crippen LogP contribution in [0.4, 0.5) is 0 Å². The largest absolute Gasteiger partial charge is 0.314 e. The Labute approximate surface area is 132 Å². The molecule has 0 unspecified atom stereocenters. The van der Waals surface area contributed by atoms with Crippen LogP contribution in [-0.4, -0.2) is 35.6 Å². The van der Waals surface area contributed by atoms with Crippen molar-refractivity contribution in [3.63, 3.8) is 0 Å². The summed E-state index contributed by atoms with van der Waals surface area (Å²) in [5, 5.41) is 6.71. The maximum absolute atomic E-state index is 4.79. The van der Waals surface area contributed by atoms with Crippen LogP contribution in [0.15, 0.2) is 34.1 Å². The molecule has 2 heterocycles. The van der Waals surface area contributed by atoms with E-state index >= 15 is 0 Å². The van der Waals surface area contributed by atoms with Crippen LogP contribution in [0.25, 0.3) is 10.6 Å². The van der Waals surface area contributed by atoms with E-state index in [2.05, 4.69) is 56.6 Å². The van der Waals surface area contributed by atoms with Gasteiger partial charge in [-0.05, 0) is 19.1 Å². The number of nitrogens with one attached hydrogen (secondary N) is 1. The maximum atomic E-state index is 4.79. The Kier molecular flexibility index (Phi) is 4.51. The van der Waals surface area contributed by atoms with E-state index in [0.717, 1.165) is 35.7 Å². The molecular weight excluding hydrogens is 334 g/mol. The smallest absolute Gasteiger partial charge is 0.123 e. The second kappa shape index (κ2) is 6.35. The predicted molar refractivity (Wildman–Crippen MR) is 88.0 cm³/mol. The number of hydrogen-bond acceptors (Lipinski definition) is 4. The third-order valence-electron chi connectivity index (χ3n) is 3.63. The molecule has 3 rings (SSSR count). The number of nitrogens with zero attached hydrogens (tertiary/aromatic N) is 2. The number of rotatable bonds is 3. The number of benzene rings is 1. The lowest BCUT2D eigenvalue weighted by atomic mass is 10.2. The van der Waals surface area contributed by atoms with Gasteiger partial charge in [-0.25, -0.2) is 4.98 Å². The zero-order chi connectivity index (χ0) is 13.9. The summed E-state index contributed by atoms with van der Waals surface area (Å²) in [6.07, 6.45) is 0. The Morgan fingerprint density at radius 1 is 1.50 bits per heavy atom. The van der Waals surface area contributed by atoms with Crippen LogP contribution < -0.4 is 5.32 Å². The normalized spacial score (nSPS) is 20.2. The zero-order valence-electron chi connectivity index (χ0n) is 11.5. The van der Waals surface area contributed by atoms with Crippen molar-refractivity contribution >= 4 is 27.3 Å². The lowest BCUT2D eigenvalue weighted by Crippen LogP contribution is -2.49. The van der Waals surface area contributed by atoms with Gasteiger partial charge in [0, 0.05) is 47.6 Å². The summed E-state index contributed by atoms with van der Waals surface area (Å²) in [5.74, 6) is 0. The summed E-state index contributed by atoms with van der Waals surface area (Å²) < 4.78 is 1.10. The summed E-state index contributed by atoms with van der Waals surface area (Å²) in [6.45, 7) is 6.47. The molecule has 5 heteroatoms. The third kappa shape index (κ3) is 3.28. The molecule has 1 N–H and O–H groups in total. The van der Waals surface area contributed by atoms with Crippen molar-refractivity contribution in [2.75, 3.05) is 19.6 Å². The van der Waals surface area contributed by atoms with Gasteiger partial charge in [0.1, 0.15) is 5.01 Å². The average Bonchev–Trinajstić information content (AvgIpc) is 2.90. The highest BCUT2D eigenvalue weighted by Crippen LogP contribution is 2.26. The molecule has 20 heavy (non-hydrogen) atoms. The van der Waals surface area contributed by atoms with Crippen molar-refractivity contribution in [3.8, 4) is 10.6 Å². The Morgan fingerprint density at radius 2 is 2.40 bits per heavy atom. The molecule has 1 atom stereocenters. The molecule has 0 bridgehead atoms. The van der Waals surface area contributed by atoms with Crippen LogP contribution in [-0.2, 0) is 6.54 Å². The number of thiazole rings is 1. The second-order valence-electron chi connectivity index (χ2n) is 5.18. The van der Waals surface area contributed by atoms with E-state index in [1.807, 2.05) is 6.07 Å². The summed E-state index contributed by atoms with van der Waals surface area (Å²) >= 11 is 5.24. The van der Waals surface area contributed by atoms with Gasteiger partial charge in [0.15, 0.2) is 0 Å². The van der Waals surface area contributed by atoms with E-state index in [0.29, 0.717) is 6.04 Å². The molecule has 3 nitrogen and oxygen atoms in total. The average molecular weight is 352 g/mol. The van der Waals surface area contributed by atoms with Gasteiger partial charge < -0.3 is 5.32 Å². The van der Waals surface area contributed by atoms with Crippen LogP contribution in [0.5, 0.6) is 0 Å². The Hall–Kier alpha value is -0.750. The molecule has 106 valence electrons. The quantitative estimate of drug-likeness (QED) is 0.918. The van der Waals surface area contributed by atoms with E-state index < -0.39 is 0 Å². The molecule has 2 aromatic rings. The summed E-state index contributed by atoms with van der Waals surface area (Å²) in [7, 11) is 0. The molecule has 1 aliphatic rings. The first-order valence-corrected chi connectivity index (χ1v) is 8.55. The van der Waals surface area contributed by atoms with Crippen molar-refractivity contribution in [2.45, 2.75) is 19.5 Å². The minimum Gasteiger partial charge on any atom is -0.314 e. The molecule has 1 aromatic heterocycles. The van der Waals surface area contributed by atoms with Gasteiger partial charge in [0.25, 0.3) is 0 Å². The fourth-order valence-corrected chi connectivity index (χ4v) is 3.67. The predicted octanol–water partition coefficient (Wildman–Crippen LogP) is 3.37. The van der Waals surface area contributed by atoms with E-state index in [1.54, 1.807) is 11.3 Å². The van der Waals surface area contributed by atoms with Crippen molar-refractivity contribution < 1.29 is 0 Å². The highest BCUT2D eigenvalue weighted by molar-refractivity contribution is 9.10. The fraction of sp³-hybridized carbons (Fsp3) is 0.400. The van der Waals surface area contributed by atoms with Gasteiger partial charge in [-0.2, -0.15) is 0 Å². The number of halogens is 1. The standard InChI is InChI=1S/C15H18BrN3S/c1-11-8-17-5-6-19(11)9-14-10-20-15(18-14)12-3-2-4-13(16)7-12/h2-4,7,10-11,17H,5-6,8-9H2,1H3/t11-/m1/s1. The first-order chi connectivity index (χ1) is 9.72. The molecule has 0 aliphatic carbocycles. The van der Waals surface area contributed by atoms with Gasteiger partial charge in [-0.15, -0.1) is 11.3 Å². The van der Waals surface area contributed by atoms with Gasteiger partial charge in [0.05, 0.1) is 5.69 Å². The minimum absolute atomic E-state index is 0.583.